The molecule has 0 fully saturated rings. The van der Waals surface area contributed by atoms with E-state index in [0.29, 0.717) is 12.3 Å². The maximum atomic E-state index is 11.8. The van der Waals surface area contributed by atoms with E-state index in [1.54, 1.807) is 0 Å². The van der Waals surface area contributed by atoms with E-state index in [9.17, 15) is 8.42 Å². The fraction of sp³-hybridized carbons (Fsp3) is 0.625. The molecule has 1 aromatic heterocycles. The second kappa shape index (κ2) is 6.19. The molecule has 0 amide bonds. The Morgan fingerprint density at radius 1 is 1.69 bits per heavy atom. The van der Waals surface area contributed by atoms with Crippen LogP contribution in [0.4, 0.5) is 0 Å². The molecular weight excluding hydrogens is 254 g/mol. The van der Waals surface area contributed by atoms with E-state index in [1.807, 2.05) is 0 Å². The highest BCUT2D eigenvalue weighted by Gasteiger charge is 2.20. The van der Waals surface area contributed by atoms with Gasteiger partial charge in [0.1, 0.15) is 0 Å². The molecule has 0 saturated carbocycles. The van der Waals surface area contributed by atoms with Crippen LogP contribution < -0.4 is 4.72 Å². The summed E-state index contributed by atoms with van der Waals surface area (Å²) in [7, 11) is -2.06. The fourth-order valence-corrected chi connectivity index (χ4v) is 2.60. The first-order valence-electron chi connectivity index (χ1n) is 4.65. The molecule has 0 aliphatic rings. The number of hydrogen-bond acceptors (Lipinski definition) is 4. The number of H-pyrrole nitrogens is 1. The average molecular weight is 268 g/mol. The van der Waals surface area contributed by atoms with Crippen molar-refractivity contribution in [2.75, 3.05) is 19.6 Å². The van der Waals surface area contributed by atoms with Crippen molar-refractivity contribution in [2.45, 2.75) is 17.5 Å². The van der Waals surface area contributed by atoms with Crippen molar-refractivity contribution in [1.82, 2.24) is 14.7 Å². The van der Waals surface area contributed by atoms with Gasteiger partial charge in [-0.3, -0.25) is 0 Å². The Kier molecular flexibility index (Phi) is 5.20. The van der Waals surface area contributed by atoms with Crippen LogP contribution in [0.2, 0.25) is 0 Å². The van der Waals surface area contributed by atoms with Crippen molar-refractivity contribution in [1.29, 1.82) is 0 Å². The van der Waals surface area contributed by atoms with Gasteiger partial charge in [-0.25, -0.2) is 18.1 Å². The van der Waals surface area contributed by atoms with E-state index in [1.165, 1.54) is 19.6 Å². The van der Waals surface area contributed by atoms with Gasteiger partial charge in [-0.05, 0) is 6.42 Å². The molecule has 92 valence electrons. The number of hydrogen-bond donors (Lipinski definition) is 2. The van der Waals surface area contributed by atoms with Crippen LogP contribution in [-0.2, 0) is 14.8 Å². The van der Waals surface area contributed by atoms with Crippen LogP contribution in [0.3, 0.4) is 0 Å². The molecule has 0 saturated heterocycles. The zero-order chi connectivity index (χ0) is 12.0. The number of halogens is 1. The molecule has 0 aliphatic carbocycles. The fourth-order valence-electron chi connectivity index (χ4n) is 1.18. The van der Waals surface area contributed by atoms with Crippen molar-refractivity contribution < 1.29 is 13.2 Å². The Hall–Kier alpha value is -0.630. The molecule has 6 nitrogen and oxygen atoms in total. The first-order chi connectivity index (χ1) is 7.60. The first-order valence-corrected chi connectivity index (χ1v) is 6.67. The van der Waals surface area contributed by atoms with Gasteiger partial charge in [-0.15, -0.1) is 11.6 Å². The third-order valence-electron chi connectivity index (χ3n) is 1.91. The number of imidazole rings is 1. The number of nitrogens with one attached hydrogen (secondary N) is 2. The molecule has 0 spiro atoms. The van der Waals surface area contributed by atoms with Gasteiger partial charge in [0.2, 0.25) is 0 Å². The molecular formula is C8H14ClN3O3S. The third kappa shape index (κ3) is 3.75. The molecule has 1 atom stereocenters. The summed E-state index contributed by atoms with van der Waals surface area (Å²) in [4.78, 5) is 6.19. The summed E-state index contributed by atoms with van der Waals surface area (Å²) < 4.78 is 30.9. The Labute approximate surface area is 99.4 Å². The number of ether oxygens (including phenoxy) is 1. The van der Waals surface area contributed by atoms with Crippen LogP contribution in [-0.4, -0.2) is 44.0 Å². The first kappa shape index (κ1) is 13.4. The summed E-state index contributed by atoms with van der Waals surface area (Å²) in [5.74, 6) is 0.361. The predicted molar refractivity (Wildman–Crippen MR) is 59.9 cm³/mol. The van der Waals surface area contributed by atoms with Crippen molar-refractivity contribution in [3.8, 4) is 0 Å². The monoisotopic (exact) mass is 267 g/mol. The second-order valence-corrected chi connectivity index (χ2v) is 5.23. The largest absolute Gasteiger partial charge is 0.383 e. The van der Waals surface area contributed by atoms with E-state index < -0.39 is 10.0 Å². The molecule has 16 heavy (non-hydrogen) atoms. The smallest absolute Gasteiger partial charge is 0.257 e. The second-order valence-electron chi connectivity index (χ2n) is 3.17. The summed E-state index contributed by atoms with van der Waals surface area (Å²) in [5, 5.41) is 0.0307. The number of aromatic amines is 1. The van der Waals surface area contributed by atoms with E-state index >= 15 is 0 Å². The van der Waals surface area contributed by atoms with Gasteiger partial charge in [0.05, 0.1) is 19.1 Å². The number of methoxy groups -OCH3 is 1. The lowest BCUT2D eigenvalue weighted by Gasteiger charge is -2.15. The van der Waals surface area contributed by atoms with Gasteiger partial charge in [0.15, 0.2) is 5.03 Å². The van der Waals surface area contributed by atoms with Crippen molar-refractivity contribution in [3.05, 3.63) is 12.5 Å². The molecule has 1 rings (SSSR count). The molecule has 0 aromatic carbocycles. The van der Waals surface area contributed by atoms with Gasteiger partial charge in [0, 0.05) is 19.0 Å². The predicted octanol–water partition coefficient (Wildman–Crippen LogP) is 0.332. The van der Waals surface area contributed by atoms with E-state index in [-0.39, 0.29) is 17.7 Å². The maximum absolute atomic E-state index is 11.8. The quantitative estimate of drug-likeness (QED) is 0.698. The number of alkyl halides is 1. The maximum Gasteiger partial charge on any atom is 0.257 e. The molecule has 0 aliphatic heterocycles. The lowest BCUT2D eigenvalue weighted by molar-refractivity contribution is 0.173. The van der Waals surface area contributed by atoms with Crippen LogP contribution in [0.1, 0.15) is 6.42 Å². The van der Waals surface area contributed by atoms with E-state index in [2.05, 4.69) is 14.7 Å². The molecule has 0 radical (unpaired) electrons. The minimum atomic E-state index is -3.57. The summed E-state index contributed by atoms with van der Waals surface area (Å²) in [5.41, 5.74) is 0. The summed E-state index contributed by atoms with van der Waals surface area (Å²) in [6.07, 6.45) is 3.05. The summed E-state index contributed by atoms with van der Waals surface area (Å²) in [6.45, 7) is 0.278. The number of aromatic nitrogens is 2. The van der Waals surface area contributed by atoms with Gasteiger partial charge in [0.25, 0.3) is 10.0 Å². The van der Waals surface area contributed by atoms with Crippen LogP contribution in [0, 0.1) is 0 Å². The van der Waals surface area contributed by atoms with Crippen LogP contribution in [0.25, 0.3) is 0 Å². The highest BCUT2D eigenvalue weighted by Crippen LogP contribution is 2.05. The van der Waals surface area contributed by atoms with Crippen molar-refractivity contribution >= 4 is 21.6 Å². The number of rotatable bonds is 7. The van der Waals surface area contributed by atoms with E-state index in [4.69, 9.17) is 16.3 Å². The zero-order valence-corrected chi connectivity index (χ0v) is 10.4. The normalized spacial score (nSPS) is 13.9. The summed E-state index contributed by atoms with van der Waals surface area (Å²) >= 11 is 5.58. The minimum absolute atomic E-state index is 0.0307. The van der Waals surface area contributed by atoms with Crippen molar-refractivity contribution in [3.63, 3.8) is 0 Å². The third-order valence-corrected chi connectivity index (χ3v) is 3.57. The molecule has 1 unspecified atom stereocenters. The Bertz CT molecular complexity index is 387. The van der Waals surface area contributed by atoms with Crippen LogP contribution >= 0.6 is 11.6 Å². The van der Waals surface area contributed by atoms with Crippen LogP contribution in [0.5, 0.6) is 0 Å². The van der Waals surface area contributed by atoms with Gasteiger partial charge >= 0.3 is 0 Å². The minimum Gasteiger partial charge on any atom is -0.383 e. The molecule has 1 aromatic rings. The number of nitrogens with zero attached hydrogens (tertiary/aromatic N) is 1. The molecule has 2 N–H and O–H groups in total. The number of sulfonamides is 1. The highest BCUT2D eigenvalue weighted by molar-refractivity contribution is 7.89. The Morgan fingerprint density at radius 3 is 2.94 bits per heavy atom. The van der Waals surface area contributed by atoms with E-state index in [0.717, 1.165) is 0 Å². The SMILES string of the molecule is COCC(CCCl)NS(=O)(=O)c1cnc[nH]1. The molecule has 8 heteroatoms. The lowest BCUT2D eigenvalue weighted by Crippen LogP contribution is -2.38. The zero-order valence-electron chi connectivity index (χ0n) is 8.81. The lowest BCUT2D eigenvalue weighted by atomic mass is 10.3. The summed E-state index contributed by atoms with van der Waals surface area (Å²) in [6, 6.07) is -0.337. The highest BCUT2D eigenvalue weighted by atomic mass is 35.5. The molecule has 1 heterocycles. The van der Waals surface area contributed by atoms with Crippen LogP contribution in [0.15, 0.2) is 17.6 Å². The van der Waals surface area contributed by atoms with Crippen molar-refractivity contribution in [2.24, 2.45) is 0 Å². The molecule has 0 bridgehead atoms. The van der Waals surface area contributed by atoms with Gasteiger partial charge in [-0.1, -0.05) is 0 Å². The Balaban J connectivity index is 2.70. The van der Waals surface area contributed by atoms with Gasteiger partial charge < -0.3 is 9.72 Å². The Morgan fingerprint density at radius 2 is 2.44 bits per heavy atom. The van der Waals surface area contributed by atoms with Gasteiger partial charge in [-0.2, -0.15) is 0 Å². The standard InChI is InChI=1S/C8H14ClN3O3S/c1-15-5-7(2-3-9)12-16(13,14)8-4-10-6-11-8/h4,6-7,12H,2-3,5H2,1H3,(H,10,11). The topological polar surface area (TPSA) is 84.1 Å². The average Bonchev–Trinajstić information content (AvgIpc) is 2.71.